The highest BCUT2D eigenvalue weighted by atomic mass is 19.1. The number of hydrogen-bond acceptors (Lipinski definition) is 4. The fourth-order valence-electron chi connectivity index (χ4n) is 5.08. The number of ether oxygens (including phenoxy) is 2. The number of carbonyl (C=O) groups excluding carboxylic acids is 2. The van der Waals surface area contributed by atoms with Crippen molar-refractivity contribution in [3.63, 3.8) is 0 Å². The van der Waals surface area contributed by atoms with Crippen molar-refractivity contribution < 1.29 is 23.5 Å². The molecule has 1 saturated heterocycles. The van der Waals surface area contributed by atoms with E-state index in [9.17, 15) is 14.0 Å². The van der Waals surface area contributed by atoms with E-state index >= 15 is 0 Å². The quantitative estimate of drug-likeness (QED) is 0.695. The van der Waals surface area contributed by atoms with Gasteiger partial charge in [0.1, 0.15) is 17.1 Å². The molecule has 2 heterocycles. The van der Waals surface area contributed by atoms with E-state index in [0.29, 0.717) is 35.6 Å². The van der Waals surface area contributed by atoms with E-state index in [0.717, 1.165) is 24.8 Å². The zero-order valence-corrected chi connectivity index (χ0v) is 18.1. The van der Waals surface area contributed by atoms with E-state index in [1.807, 2.05) is 30.3 Å². The second kappa shape index (κ2) is 8.20. The summed E-state index contributed by atoms with van der Waals surface area (Å²) in [6.07, 6.45) is 3.59. The third kappa shape index (κ3) is 3.64. The Bertz CT molecular complexity index is 1030. The maximum absolute atomic E-state index is 14.4. The van der Waals surface area contributed by atoms with Gasteiger partial charge in [-0.2, -0.15) is 0 Å². The zero-order valence-electron chi connectivity index (χ0n) is 18.1. The van der Waals surface area contributed by atoms with Crippen molar-refractivity contribution in [1.82, 2.24) is 10.2 Å². The summed E-state index contributed by atoms with van der Waals surface area (Å²) in [6, 6.07) is 11.8. The van der Waals surface area contributed by atoms with Crippen molar-refractivity contribution in [3.8, 4) is 5.75 Å². The molecule has 0 radical (unpaired) electrons. The van der Waals surface area contributed by atoms with Gasteiger partial charge in [0.2, 0.25) is 6.29 Å². The van der Waals surface area contributed by atoms with Crippen LogP contribution in [0.15, 0.2) is 42.5 Å². The van der Waals surface area contributed by atoms with Crippen LogP contribution < -0.4 is 10.1 Å². The Morgan fingerprint density at radius 2 is 1.91 bits per heavy atom. The molecule has 2 aliphatic heterocycles. The summed E-state index contributed by atoms with van der Waals surface area (Å²) in [5.41, 5.74) is 1.05. The van der Waals surface area contributed by atoms with Gasteiger partial charge in [-0.05, 0) is 43.7 Å². The van der Waals surface area contributed by atoms with E-state index in [-0.39, 0.29) is 19.1 Å². The molecule has 3 aliphatic rings. The van der Waals surface area contributed by atoms with Crippen molar-refractivity contribution in [1.29, 1.82) is 0 Å². The van der Waals surface area contributed by atoms with Gasteiger partial charge in [-0.25, -0.2) is 9.18 Å². The predicted octanol–water partition coefficient (Wildman–Crippen LogP) is 4.82. The molecule has 2 fully saturated rings. The van der Waals surface area contributed by atoms with Gasteiger partial charge >= 0.3 is 6.03 Å². The van der Waals surface area contributed by atoms with Gasteiger partial charge in [0, 0.05) is 16.7 Å². The number of hydrogen-bond donors (Lipinski definition) is 1. The average molecular weight is 438 g/mol. The number of nitrogens with zero attached hydrogens (tertiary/aromatic N) is 1. The monoisotopic (exact) mass is 438 g/mol. The van der Waals surface area contributed by atoms with Gasteiger partial charge in [-0.3, -0.25) is 9.69 Å². The van der Waals surface area contributed by atoms with Crippen LogP contribution in [0.25, 0.3) is 0 Å². The summed E-state index contributed by atoms with van der Waals surface area (Å²) in [4.78, 5) is 27.3. The first-order valence-electron chi connectivity index (χ1n) is 11.3. The lowest BCUT2D eigenvalue weighted by molar-refractivity contribution is -0.133. The van der Waals surface area contributed by atoms with Crippen LogP contribution in [0.2, 0.25) is 0 Å². The minimum atomic E-state index is -0.827. The number of imide groups is 1. The Hall–Kier alpha value is -2.93. The molecule has 0 bridgehead atoms. The molecular formula is C25H27FN2O4. The summed E-state index contributed by atoms with van der Waals surface area (Å²) in [5.74, 6) is 0.400. The molecule has 1 unspecified atom stereocenters. The molecule has 1 spiro atoms. The molecule has 1 atom stereocenters. The third-order valence-corrected chi connectivity index (χ3v) is 7.00. The maximum atomic E-state index is 14.4. The zero-order chi connectivity index (χ0) is 22.3. The van der Waals surface area contributed by atoms with Crippen LogP contribution in [0.5, 0.6) is 5.75 Å². The highest BCUT2D eigenvalue weighted by molar-refractivity contribution is 6.07. The van der Waals surface area contributed by atoms with E-state index in [4.69, 9.17) is 9.47 Å². The van der Waals surface area contributed by atoms with Gasteiger partial charge in [0.25, 0.3) is 5.91 Å². The van der Waals surface area contributed by atoms with Gasteiger partial charge in [0.05, 0.1) is 13.2 Å². The molecule has 6 nitrogen and oxygen atoms in total. The van der Waals surface area contributed by atoms with Crippen LogP contribution in [0.1, 0.15) is 62.0 Å². The lowest BCUT2D eigenvalue weighted by Crippen LogP contribution is -2.49. The van der Waals surface area contributed by atoms with Crippen molar-refractivity contribution in [2.75, 3.05) is 0 Å². The number of carbonyl (C=O) groups is 2. The fourth-order valence-corrected chi connectivity index (χ4v) is 5.08. The molecule has 3 amide bonds. The normalized spacial score (nSPS) is 27.2. The molecule has 7 heteroatoms. The molecule has 1 aliphatic carbocycles. The molecule has 5 rings (SSSR count). The number of fused-ring (bicyclic) bond motifs is 1. The Morgan fingerprint density at radius 1 is 1.16 bits per heavy atom. The van der Waals surface area contributed by atoms with Crippen molar-refractivity contribution >= 4 is 11.9 Å². The van der Waals surface area contributed by atoms with Crippen LogP contribution in [0.4, 0.5) is 9.18 Å². The van der Waals surface area contributed by atoms with Gasteiger partial charge < -0.3 is 14.8 Å². The maximum Gasteiger partial charge on any atom is 0.325 e. The highest BCUT2D eigenvalue weighted by Crippen LogP contribution is 2.40. The van der Waals surface area contributed by atoms with Crippen molar-refractivity contribution in [2.45, 2.75) is 64.0 Å². The predicted molar refractivity (Wildman–Crippen MR) is 115 cm³/mol. The van der Waals surface area contributed by atoms with E-state index < -0.39 is 23.7 Å². The summed E-state index contributed by atoms with van der Waals surface area (Å²) in [6.45, 7) is 2.30. The number of rotatable bonds is 4. The molecule has 168 valence electrons. The Morgan fingerprint density at radius 3 is 2.62 bits per heavy atom. The Kier molecular flexibility index (Phi) is 5.37. The number of amides is 3. The first kappa shape index (κ1) is 20.9. The average Bonchev–Trinajstić information content (AvgIpc) is 3.04. The summed E-state index contributed by atoms with van der Waals surface area (Å²) >= 11 is 0. The van der Waals surface area contributed by atoms with Crippen LogP contribution in [0.3, 0.4) is 0 Å². The summed E-state index contributed by atoms with van der Waals surface area (Å²) < 4.78 is 26.2. The number of nitrogens with one attached hydrogen (secondary N) is 1. The molecule has 32 heavy (non-hydrogen) atoms. The summed E-state index contributed by atoms with van der Waals surface area (Å²) in [5, 5.41) is 2.94. The van der Waals surface area contributed by atoms with E-state index in [1.54, 1.807) is 0 Å². The molecule has 1 N–H and O–H groups in total. The van der Waals surface area contributed by atoms with Crippen molar-refractivity contribution in [2.24, 2.45) is 5.92 Å². The fraction of sp³-hybridized carbons (Fsp3) is 0.440. The SMILES string of the molecule is CCC1CCC2(CC1)NC(=O)N(Cc1cc(F)cc3c1OC(c1ccccc1)OC3)C2=O. The van der Waals surface area contributed by atoms with Crippen LogP contribution >= 0.6 is 0 Å². The Labute approximate surface area is 186 Å². The first-order chi connectivity index (χ1) is 15.5. The van der Waals surface area contributed by atoms with Gasteiger partial charge in [-0.1, -0.05) is 43.7 Å². The second-order valence-electron chi connectivity index (χ2n) is 8.98. The van der Waals surface area contributed by atoms with Crippen LogP contribution in [0, 0.1) is 11.7 Å². The largest absolute Gasteiger partial charge is 0.460 e. The van der Waals surface area contributed by atoms with Crippen LogP contribution in [-0.4, -0.2) is 22.4 Å². The topological polar surface area (TPSA) is 67.9 Å². The molecular weight excluding hydrogens is 411 g/mol. The lowest BCUT2D eigenvalue weighted by Gasteiger charge is -2.34. The van der Waals surface area contributed by atoms with E-state index in [2.05, 4.69) is 12.2 Å². The third-order valence-electron chi connectivity index (χ3n) is 7.00. The number of halogens is 1. The smallest absolute Gasteiger partial charge is 0.325 e. The second-order valence-corrected chi connectivity index (χ2v) is 8.98. The molecule has 2 aromatic rings. The number of benzene rings is 2. The minimum Gasteiger partial charge on any atom is -0.460 e. The van der Waals surface area contributed by atoms with E-state index in [1.165, 1.54) is 17.0 Å². The highest BCUT2D eigenvalue weighted by Gasteiger charge is 2.52. The minimum absolute atomic E-state index is 0.0365. The lowest BCUT2D eigenvalue weighted by atomic mass is 9.75. The van der Waals surface area contributed by atoms with Crippen LogP contribution in [-0.2, 0) is 22.7 Å². The van der Waals surface area contributed by atoms with Gasteiger partial charge in [0.15, 0.2) is 0 Å². The van der Waals surface area contributed by atoms with Crippen molar-refractivity contribution in [3.05, 3.63) is 65.0 Å². The van der Waals surface area contributed by atoms with Gasteiger partial charge in [-0.15, -0.1) is 0 Å². The standard InChI is InChI=1S/C25H27FN2O4/c1-2-16-8-10-25(11-9-16)23(29)28(24(30)27-25)14-18-12-20(26)13-19-15-31-22(32-21(18)19)17-6-4-3-5-7-17/h3-7,12-13,16,22H,2,8-11,14-15H2,1H3,(H,27,30). The summed E-state index contributed by atoms with van der Waals surface area (Å²) in [7, 11) is 0. The Balaban J connectivity index is 1.40. The number of urea groups is 1. The molecule has 0 aromatic heterocycles. The molecule has 2 aromatic carbocycles. The first-order valence-corrected chi connectivity index (χ1v) is 11.3. The molecule has 1 saturated carbocycles.